The quantitative estimate of drug-likeness (QED) is 0.877. The van der Waals surface area contributed by atoms with Gasteiger partial charge in [-0.2, -0.15) is 0 Å². The van der Waals surface area contributed by atoms with Crippen LogP contribution in [0, 0.1) is 5.92 Å². The summed E-state index contributed by atoms with van der Waals surface area (Å²) in [6, 6.07) is 7.30. The van der Waals surface area contributed by atoms with Crippen molar-refractivity contribution in [3.8, 4) is 5.75 Å². The molecule has 1 saturated heterocycles. The van der Waals surface area contributed by atoms with Crippen molar-refractivity contribution in [3.63, 3.8) is 0 Å². The fraction of sp³-hybridized carbons (Fsp3) is 0.529. The van der Waals surface area contributed by atoms with Gasteiger partial charge in [-0.3, -0.25) is 9.59 Å². The summed E-state index contributed by atoms with van der Waals surface area (Å²) < 4.78 is 5.19. The molecule has 1 aliphatic rings. The number of carbonyl (C=O) groups excluding carboxylic acids is 2. The summed E-state index contributed by atoms with van der Waals surface area (Å²) in [6.45, 7) is 4.53. The highest BCUT2D eigenvalue weighted by atomic mass is 16.5. The van der Waals surface area contributed by atoms with Gasteiger partial charge in [0.2, 0.25) is 11.8 Å². The molecule has 0 aromatic heterocycles. The van der Waals surface area contributed by atoms with Gasteiger partial charge in [-0.15, -0.1) is 0 Å². The predicted octanol–water partition coefficient (Wildman–Crippen LogP) is 2.35. The van der Waals surface area contributed by atoms with Gasteiger partial charge in [0, 0.05) is 30.6 Å². The Labute approximate surface area is 131 Å². The zero-order chi connectivity index (χ0) is 16.1. The Morgan fingerprint density at radius 3 is 2.77 bits per heavy atom. The molecule has 1 atom stereocenters. The summed E-state index contributed by atoms with van der Waals surface area (Å²) >= 11 is 0. The molecule has 1 fully saturated rings. The average molecular weight is 304 g/mol. The van der Waals surface area contributed by atoms with Gasteiger partial charge in [0.15, 0.2) is 0 Å². The number of benzene rings is 1. The molecular formula is C17H24N2O3. The smallest absolute Gasteiger partial charge is 0.229 e. The first-order valence-corrected chi connectivity index (χ1v) is 7.83. The number of hydrogen-bond acceptors (Lipinski definition) is 3. The number of anilines is 1. The average Bonchev–Trinajstić information content (AvgIpc) is 2.89. The number of methoxy groups -OCH3 is 1. The van der Waals surface area contributed by atoms with E-state index in [1.165, 1.54) is 0 Å². The molecule has 1 aliphatic heterocycles. The molecule has 0 radical (unpaired) electrons. The monoisotopic (exact) mass is 304 g/mol. The Morgan fingerprint density at radius 1 is 1.41 bits per heavy atom. The molecule has 5 heteroatoms. The van der Waals surface area contributed by atoms with E-state index in [2.05, 4.69) is 5.32 Å². The second kappa shape index (κ2) is 7.29. The topological polar surface area (TPSA) is 58.6 Å². The second-order valence-corrected chi connectivity index (χ2v) is 5.63. The molecule has 1 aromatic rings. The van der Waals surface area contributed by atoms with E-state index in [-0.39, 0.29) is 23.8 Å². The molecule has 0 aliphatic carbocycles. The molecule has 1 aromatic carbocycles. The van der Waals surface area contributed by atoms with Crippen LogP contribution in [0.25, 0.3) is 0 Å². The third-order valence-electron chi connectivity index (χ3n) is 4.19. The molecular weight excluding hydrogens is 280 g/mol. The zero-order valence-electron chi connectivity index (χ0n) is 13.5. The summed E-state index contributed by atoms with van der Waals surface area (Å²) in [5, 5.41) is 3.01. The zero-order valence-corrected chi connectivity index (χ0v) is 13.5. The number of rotatable bonds is 6. The van der Waals surface area contributed by atoms with Crippen molar-refractivity contribution in [2.75, 3.05) is 18.6 Å². The van der Waals surface area contributed by atoms with E-state index in [9.17, 15) is 9.59 Å². The summed E-state index contributed by atoms with van der Waals surface area (Å²) in [6.07, 6.45) is 1.99. The minimum absolute atomic E-state index is 0.0287. The number of ether oxygens (including phenoxy) is 1. The van der Waals surface area contributed by atoms with Crippen molar-refractivity contribution in [2.45, 2.75) is 39.2 Å². The van der Waals surface area contributed by atoms with Crippen molar-refractivity contribution in [1.29, 1.82) is 0 Å². The van der Waals surface area contributed by atoms with E-state index in [1.54, 1.807) is 12.0 Å². The number of hydrogen-bond donors (Lipinski definition) is 1. The maximum atomic E-state index is 12.2. The largest absolute Gasteiger partial charge is 0.497 e. The van der Waals surface area contributed by atoms with Gasteiger partial charge in [0.05, 0.1) is 13.2 Å². The molecule has 0 saturated carbocycles. The highest BCUT2D eigenvalue weighted by molar-refractivity contribution is 5.97. The van der Waals surface area contributed by atoms with Crippen LogP contribution in [-0.2, 0) is 9.59 Å². The third kappa shape index (κ3) is 3.59. The summed E-state index contributed by atoms with van der Waals surface area (Å²) in [7, 11) is 1.60. The van der Waals surface area contributed by atoms with Crippen molar-refractivity contribution in [1.82, 2.24) is 5.32 Å². The van der Waals surface area contributed by atoms with E-state index in [0.29, 0.717) is 13.0 Å². The lowest BCUT2D eigenvalue weighted by Gasteiger charge is -2.19. The summed E-state index contributed by atoms with van der Waals surface area (Å²) in [5.41, 5.74) is 0.809. The molecule has 2 amide bonds. The number of nitrogens with one attached hydrogen (secondary N) is 1. The summed E-state index contributed by atoms with van der Waals surface area (Å²) in [5.74, 6) is 0.828. The van der Waals surface area contributed by atoms with E-state index in [0.717, 1.165) is 24.3 Å². The van der Waals surface area contributed by atoms with Crippen LogP contribution in [0.5, 0.6) is 5.75 Å². The van der Waals surface area contributed by atoms with Crippen molar-refractivity contribution in [3.05, 3.63) is 24.3 Å². The molecule has 0 unspecified atom stereocenters. The fourth-order valence-electron chi connectivity index (χ4n) is 2.81. The molecule has 0 bridgehead atoms. The Morgan fingerprint density at radius 2 is 2.14 bits per heavy atom. The van der Waals surface area contributed by atoms with Crippen LogP contribution in [-0.4, -0.2) is 31.5 Å². The first-order valence-electron chi connectivity index (χ1n) is 7.83. The fourth-order valence-corrected chi connectivity index (χ4v) is 2.81. The van der Waals surface area contributed by atoms with Crippen LogP contribution >= 0.6 is 0 Å². The lowest BCUT2D eigenvalue weighted by Crippen LogP contribution is -2.40. The van der Waals surface area contributed by atoms with Crippen LogP contribution in [0.3, 0.4) is 0 Å². The van der Waals surface area contributed by atoms with Crippen LogP contribution in [0.1, 0.15) is 33.1 Å². The van der Waals surface area contributed by atoms with E-state index >= 15 is 0 Å². The second-order valence-electron chi connectivity index (χ2n) is 5.63. The predicted molar refractivity (Wildman–Crippen MR) is 86.0 cm³/mol. The maximum Gasteiger partial charge on any atom is 0.229 e. The number of carbonyl (C=O) groups is 2. The minimum atomic E-state index is -0.119. The minimum Gasteiger partial charge on any atom is -0.497 e. The first-order chi connectivity index (χ1) is 10.6. The van der Waals surface area contributed by atoms with Gasteiger partial charge in [0.1, 0.15) is 5.75 Å². The molecule has 2 rings (SSSR count). The van der Waals surface area contributed by atoms with Gasteiger partial charge in [0.25, 0.3) is 0 Å². The Hall–Kier alpha value is -2.04. The number of nitrogens with zero attached hydrogens (tertiary/aromatic N) is 1. The third-order valence-corrected chi connectivity index (χ3v) is 4.19. The molecule has 1 N–H and O–H groups in total. The van der Waals surface area contributed by atoms with Crippen molar-refractivity contribution >= 4 is 17.5 Å². The normalized spacial score (nSPS) is 17.9. The van der Waals surface area contributed by atoms with Crippen molar-refractivity contribution < 1.29 is 14.3 Å². The first kappa shape index (κ1) is 16.3. The van der Waals surface area contributed by atoms with E-state index in [1.807, 2.05) is 38.1 Å². The van der Waals surface area contributed by atoms with Gasteiger partial charge in [-0.05, 0) is 25.0 Å². The molecule has 22 heavy (non-hydrogen) atoms. The van der Waals surface area contributed by atoms with Gasteiger partial charge in [-0.25, -0.2) is 0 Å². The molecule has 120 valence electrons. The SMILES string of the molecule is CCC(CC)C(=O)N[C@H]1CC(=O)N(c2cccc(OC)c2)C1. The van der Waals surface area contributed by atoms with E-state index < -0.39 is 0 Å². The van der Waals surface area contributed by atoms with Crippen LogP contribution in [0.15, 0.2) is 24.3 Å². The lowest BCUT2D eigenvalue weighted by atomic mass is 10.0. The molecule has 5 nitrogen and oxygen atoms in total. The number of amides is 2. The van der Waals surface area contributed by atoms with E-state index in [4.69, 9.17) is 4.74 Å². The van der Waals surface area contributed by atoms with Crippen LogP contribution in [0.2, 0.25) is 0 Å². The lowest BCUT2D eigenvalue weighted by molar-refractivity contribution is -0.125. The van der Waals surface area contributed by atoms with Crippen LogP contribution in [0.4, 0.5) is 5.69 Å². The highest BCUT2D eigenvalue weighted by Gasteiger charge is 2.32. The Kier molecular flexibility index (Phi) is 5.41. The van der Waals surface area contributed by atoms with Gasteiger partial charge in [-0.1, -0.05) is 19.9 Å². The molecule has 0 spiro atoms. The molecule has 1 heterocycles. The van der Waals surface area contributed by atoms with Crippen LogP contribution < -0.4 is 15.0 Å². The highest BCUT2D eigenvalue weighted by Crippen LogP contribution is 2.25. The Balaban J connectivity index is 2.03. The van der Waals surface area contributed by atoms with Gasteiger partial charge >= 0.3 is 0 Å². The maximum absolute atomic E-state index is 12.2. The standard InChI is InChI=1S/C17H24N2O3/c1-4-12(5-2)17(21)18-13-9-16(20)19(11-13)14-7-6-8-15(10-14)22-3/h6-8,10,12-13H,4-5,9,11H2,1-3H3,(H,18,21)/t13-/m0/s1. The Bertz CT molecular complexity index is 540. The van der Waals surface area contributed by atoms with Crippen molar-refractivity contribution in [2.24, 2.45) is 5.92 Å². The summed E-state index contributed by atoms with van der Waals surface area (Å²) in [4.78, 5) is 26.1. The van der Waals surface area contributed by atoms with Gasteiger partial charge < -0.3 is 15.0 Å².